The van der Waals surface area contributed by atoms with E-state index < -0.39 is 23.4 Å². The Morgan fingerprint density at radius 2 is 0.806 bits per heavy atom. The van der Waals surface area contributed by atoms with Gasteiger partial charge in [-0.25, -0.2) is 0 Å². The summed E-state index contributed by atoms with van der Waals surface area (Å²) in [6.07, 6.45) is -2.10. The van der Waals surface area contributed by atoms with E-state index in [1.165, 1.54) is 0 Å². The van der Waals surface area contributed by atoms with E-state index in [0.717, 1.165) is 11.1 Å². The molecular formula is C28H24O3. The summed E-state index contributed by atoms with van der Waals surface area (Å²) < 4.78 is 6.60. The monoisotopic (exact) mass is 408 g/mol. The average molecular weight is 408 g/mol. The number of hydrogen-bond acceptors (Lipinski definition) is 3. The van der Waals surface area contributed by atoms with Crippen LogP contribution in [-0.2, 0) is 10.3 Å². The molecule has 2 N–H and O–H groups in total. The lowest BCUT2D eigenvalue weighted by atomic mass is 9.72. The van der Waals surface area contributed by atoms with Gasteiger partial charge in [0.05, 0.1) is 0 Å². The Balaban J connectivity index is 1.75. The summed E-state index contributed by atoms with van der Waals surface area (Å²) in [7, 11) is 0. The van der Waals surface area contributed by atoms with Crippen molar-refractivity contribution >= 4 is 0 Å². The Bertz CT molecular complexity index is 1040. The number of aliphatic hydroxyl groups excluding tert-OH is 2. The molecule has 0 saturated carbocycles. The van der Waals surface area contributed by atoms with Gasteiger partial charge in [-0.15, -0.1) is 0 Å². The third-order valence-electron chi connectivity index (χ3n) is 6.23. The van der Waals surface area contributed by atoms with Crippen LogP contribution in [0.4, 0.5) is 0 Å². The average Bonchev–Trinajstić information content (AvgIpc) is 3.58. The van der Waals surface area contributed by atoms with E-state index in [0.29, 0.717) is 11.1 Å². The van der Waals surface area contributed by atoms with Crippen LogP contribution in [0.3, 0.4) is 0 Å². The Morgan fingerprint density at radius 1 is 0.484 bits per heavy atom. The van der Waals surface area contributed by atoms with Gasteiger partial charge in [0, 0.05) is 0 Å². The van der Waals surface area contributed by atoms with Crippen molar-refractivity contribution in [3.63, 3.8) is 0 Å². The van der Waals surface area contributed by atoms with Crippen LogP contribution in [0.5, 0.6) is 0 Å². The summed E-state index contributed by atoms with van der Waals surface area (Å²) >= 11 is 0. The van der Waals surface area contributed by atoms with E-state index in [2.05, 4.69) is 0 Å². The highest BCUT2D eigenvalue weighted by atomic mass is 16.7. The molecule has 4 aromatic rings. The van der Waals surface area contributed by atoms with Crippen molar-refractivity contribution < 1.29 is 14.9 Å². The molecule has 2 atom stereocenters. The number of benzene rings is 4. The smallest absolute Gasteiger partial charge is 0.167 e. The quantitative estimate of drug-likeness (QED) is 0.433. The predicted octanol–water partition coefficient (Wildman–Crippen LogP) is 5.17. The normalized spacial score (nSPS) is 21.2. The Morgan fingerprint density at radius 3 is 1.16 bits per heavy atom. The zero-order valence-electron chi connectivity index (χ0n) is 17.0. The van der Waals surface area contributed by atoms with Crippen molar-refractivity contribution in [3.05, 3.63) is 144 Å². The van der Waals surface area contributed by atoms with E-state index in [9.17, 15) is 10.2 Å². The molecule has 5 rings (SSSR count). The zero-order chi connectivity index (χ0) is 21.3. The summed E-state index contributed by atoms with van der Waals surface area (Å²) in [5.74, 6) is 0. The second-order valence-electron chi connectivity index (χ2n) is 7.93. The van der Waals surface area contributed by atoms with Crippen molar-refractivity contribution in [1.82, 2.24) is 0 Å². The maximum absolute atomic E-state index is 11.7. The summed E-state index contributed by atoms with van der Waals surface area (Å²) in [5, 5.41) is 23.4. The molecule has 0 aliphatic carbocycles. The first-order chi connectivity index (χ1) is 15.2. The van der Waals surface area contributed by atoms with Crippen molar-refractivity contribution in [1.29, 1.82) is 0 Å². The van der Waals surface area contributed by atoms with Crippen LogP contribution in [-0.4, -0.2) is 15.8 Å². The Labute approximate surface area is 182 Å². The standard InChI is InChI=1S/C28H24O3/c29-25(21-13-5-1-6-14-21)28(26(30)22-15-7-2-8-16-22)27(31-28,23-17-9-3-10-18-23)24-19-11-4-12-20-24/h1-20,25-26,29-30H. The van der Waals surface area contributed by atoms with Gasteiger partial charge in [-0.2, -0.15) is 0 Å². The van der Waals surface area contributed by atoms with Crippen molar-refractivity contribution in [3.8, 4) is 0 Å². The predicted molar refractivity (Wildman–Crippen MR) is 120 cm³/mol. The summed E-state index contributed by atoms with van der Waals surface area (Å²) in [4.78, 5) is 0. The Hall–Kier alpha value is -3.24. The SMILES string of the molecule is OC(c1ccccc1)C1(C(O)c2ccccc2)OC1(c1ccccc1)c1ccccc1. The van der Waals surface area contributed by atoms with Crippen LogP contribution < -0.4 is 0 Å². The molecule has 0 aromatic heterocycles. The maximum atomic E-state index is 11.7. The highest BCUT2D eigenvalue weighted by molar-refractivity contribution is 5.51. The molecule has 1 saturated heterocycles. The molecule has 4 aromatic carbocycles. The highest BCUT2D eigenvalue weighted by Crippen LogP contribution is 2.69. The van der Waals surface area contributed by atoms with Crippen LogP contribution in [0, 0.1) is 0 Å². The Kier molecular flexibility index (Phi) is 4.95. The second-order valence-corrected chi connectivity index (χ2v) is 7.93. The molecule has 1 fully saturated rings. The zero-order valence-corrected chi connectivity index (χ0v) is 17.0. The van der Waals surface area contributed by atoms with Gasteiger partial charge in [0.25, 0.3) is 0 Å². The molecule has 3 nitrogen and oxygen atoms in total. The molecule has 154 valence electrons. The third kappa shape index (κ3) is 3.02. The number of ether oxygens (including phenoxy) is 1. The number of rotatable bonds is 6. The van der Waals surface area contributed by atoms with Gasteiger partial charge in [-0.05, 0) is 22.3 Å². The molecule has 2 unspecified atom stereocenters. The fourth-order valence-electron chi connectivity index (χ4n) is 4.72. The molecule has 0 bridgehead atoms. The van der Waals surface area contributed by atoms with Gasteiger partial charge < -0.3 is 14.9 Å². The fraction of sp³-hybridized carbons (Fsp3) is 0.143. The van der Waals surface area contributed by atoms with Crippen molar-refractivity contribution in [2.24, 2.45) is 0 Å². The van der Waals surface area contributed by atoms with Gasteiger partial charge in [-0.3, -0.25) is 0 Å². The first kappa shape index (κ1) is 19.7. The largest absolute Gasteiger partial charge is 0.385 e. The lowest BCUT2D eigenvalue weighted by Gasteiger charge is -2.30. The molecule has 3 heteroatoms. The molecule has 1 aliphatic heterocycles. The first-order valence-electron chi connectivity index (χ1n) is 10.5. The maximum Gasteiger partial charge on any atom is 0.167 e. The van der Waals surface area contributed by atoms with Crippen molar-refractivity contribution in [2.45, 2.75) is 23.4 Å². The minimum atomic E-state index is -1.29. The second kappa shape index (κ2) is 7.78. The minimum Gasteiger partial charge on any atom is -0.385 e. The fourth-order valence-corrected chi connectivity index (χ4v) is 4.72. The van der Waals surface area contributed by atoms with Crippen LogP contribution in [0.1, 0.15) is 34.5 Å². The summed E-state index contributed by atoms with van der Waals surface area (Å²) in [5.41, 5.74) is 0.896. The van der Waals surface area contributed by atoms with E-state index in [1.807, 2.05) is 121 Å². The lowest BCUT2D eigenvalue weighted by Crippen LogP contribution is -2.38. The van der Waals surface area contributed by atoms with Crippen molar-refractivity contribution in [2.75, 3.05) is 0 Å². The molecule has 1 aliphatic rings. The van der Waals surface area contributed by atoms with E-state index >= 15 is 0 Å². The van der Waals surface area contributed by atoms with E-state index in [1.54, 1.807) is 0 Å². The molecular weight excluding hydrogens is 384 g/mol. The van der Waals surface area contributed by atoms with Crippen LogP contribution in [0.2, 0.25) is 0 Å². The van der Waals surface area contributed by atoms with Crippen LogP contribution in [0.25, 0.3) is 0 Å². The number of aliphatic hydroxyl groups is 2. The van der Waals surface area contributed by atoms with E-state index in [4.69, 9.17) is 4.74 Å². The number of epoxide rings is 1. The molecule has 0 amide bonds. The van der Waals surface area contributed by atoms with E-state index in [-0.39, 0.29) is 0 Å². The van der Waals surface area contributed by atoms with Gasteiger partial charge in [0.15, 0.2) is 11.2 Å². The third-order valence-corrected chi connectivity index (χ3v) is 6.23. The highest BCUT2D eigenvalue weighted by Gasteiger charge is 2.78. The topological polar surface area (TPSA) is 53.0 Å². The summed E-state index contributed by atoms with van der Waals surface area (Å²) in [6.45, 7) is 0. The van der Waals surface area contributed by atoms with Crippen LogP contribution >= 0.6 is 0 Å². The molecule has 31 heavy (non-hydrogen) atoms. The molecule has 1 heterocycles. The van der Waals surface area contributed by atoms with Gasteiger partial charge in [-0.1, -0.05) is 121 Å². The summed E-state index contributed by atoms with van der Waals surface area (Å²) in [6, 6.07) is 38.5. The lowest BCUT2D eigenvalue weighted by molar-refractivity contribution is -0.0173. The van der Waals surface area contributed by atoms with Gasteiger partial charge >= 0.3 is 0 Å². The van der Waals surface area contributed by atoms with Crippen LogP contribution in [0.15, 0.2) is 121 Å². The molecule has 0 spiro atoms. The van der Waals surface area contributed by atoms with Gasteiger partial charge in [0.1, 0.15) is 12.2 Å². The number of hydrogen-bond donors (Lipinski definition) is 2. The van der Waals surface area contributed by atoms with Gasteiger partial charge in [0.2, 0.25) is 0 Å². The first-order valence-corrected chi connectivity index (χ1v) is 10.5. The minimum absolute atomic E-state index is 0.700. The molecule has 0 radical (unpaired) electrons.